The molecule has 2 heterocycles. The number of nitrogens with zero attached hydrogens (tertiary/aromatic N) is 3. The molecule has 0 aromatic carbocycles. The second-order valence-electron chi connectivity index (χ2n) is 5.87. The maximum atomic E-state index is 11.6. The van der Waals surface area contributed by atoms with Gasteiger partial charge in [0.2, 0.25) is 5.91 Å². The maximum Gasteiger partial charge on any atom is 0.245 e. The summed E-state index contributed by atoms with van der Waals surface area (Å²) in [6, 6.07) is 2.12. The van der Waals surface area contributed by atoms with Gasteiger partial charge in [0.15, 0.2) is 0 Å². The Morgan fingerprint density at radius 2 is 1.95 bits per heavy atom. The maximum absolute atomic E-state index is 11.6. The number of amides is 1. The van der Waals surface area contributed by atoms with Crippen molar-refractivity contribution in [1.82, 2.24) is 14.9 Å². The Bertz CT molecular complexity index is 529. The Morgan fingerprint density at radius 3 is 2.55 bits per heavy atom. The lowest BCUT2D eigenvalue weighted by atomic mass is 9.95. The minimum Gasteiger partial charge on any atom is -0.339 e. The van der Waals surface area contributed by atoms with E-state index in [2.05, 4.69) is 17.6 Å². The number of piperidine rings is 1. The van der Waals surface area contributed by atoms with Gasteiger partial charge in [-0.15, -0.1) is 0 Å². The van der Waals surface area contributed by atoms with E-state index >= 15 is 0 Å². The average Bonchev–Trinajstić information content (AvgIpc) is 3.30. The molecule has 1 amide bonds. The van der Waals surface area contributed by atoms with Gasteiger partial charge in [-0.1, -0.05) is 6.58 Å². The standard InChI is InChI=1S/C16H21N3O/c1-3-15(20)19-8-6-13(7-9-19)16-17-11(2)10-14(18-16)12-4-5-12/h3,10,12-13H,1,4-9H2,2H3. The molecule has 1 saturated carbocycles. The number of carbonyl (C=O) groups excluding carboxylic acids is 1. The number of hydrogen-bond acceptors (Lipinski definition) is 3. The Morgan fingerprint density at radius 1 is 1.25 bits per heavy atom. The summed E-state index contributed by atoms with van der Waals surface area (Å²) in [4.78, 5) is 22.9. The zero-order chi connectivity index (χ0) is 14.1. The third-order valence-corrected chi connectivity index (χ3v) is 4.23. The Balaban J connectivity index is 1.71. The van der Waals surface area contributed by atoms with Crippen molar-refractivity contribution in [3.8, 4) is 0 Å². The van der Waals surface area contributed by atoms with Gasteiger partial charge >= 0.3 is 0 Å². The van der Waals surface area contributed by atoms with Crippen molar-refractivity contribution in [2.24, 2.45) is 0 Å². The zero-order valence-electron chi connectivity index (χ0n) is 12.0. The van der Waals surface area contributed by atoms with E-state index in [1.54, 1.807) is 0 Å². The first-order valence-electron chi connectivity index (χ1n) is 7.44. The Hall–Kier alpha value is -1.71. The van der Waals surface area contributed by atoms with Crippen molar-refractivity contribution in [3.63, 3.8) is 0 Å². The molecule has 0 radical (unpaired) electrons. The molecule has 2 fully saturated rings. The lowest BCUT2D eigenvalue weighted by Gasteiger charge is -2.30. The van der Waals surface area contributed by atoms with E-state index in [1.807, 2.05) is 11.8 Å². The lowest BCUT2D eigenvalue weighted by Crippen LogP contribution is -2.37. The molecule has 1 aliphatic carbocycles. The van der Waals surface area contributed by atoms with Crippen molar-refractivity contribution in [2.45, 2.75) is 44.4 Å². The van der Waals surface area contributed by atoms with Gasteiger partial charge < -0.3 is 4.90 Å². The van der Waals surface area contributed by atoms with Crippen LogP contribution in [0, 0.1) is 6.92 Å². The van der Waals surface area contributed by atoms with E-state index in [9.17, 15) is 4.79 Å². The van der Waals surface area contributed by atoms with Crippen molar-refractivity contribution in [3.05, 3.63) is 35.9 Å². The summed E-state index contributed by atoms with van der Waals surface area (Å²) in [7, 11) is 0. The fraction of sp³-hybridized carbons (Fsp3) is 0.562. The number of likely N-dealkylation sites (tertiary alicyclic amines) is 1. The molecule has 1 aromatic heterocycles. The molecule has 0 spiro atoms. The number of hydrogen-bond donors (Lipinski definition) is 0. The summed E-state index contributed by atoms with van der Waals surface area (Å²) in [6.45, 7) is 7.16. The Kier molecular flexibility index (Phi) is 3.55. The quantitative estimate of drug-likeness (QED) is 0.794. The van der Waals surface area contributed by atoms with Crippen LogP contribution in [0.25, 0.3) is 0 Å². The highest BCUT2D eigenvalue weighted by Gasteiger charge is 2.28. The molecule has 0 bridgehead atoms. The van der Waals surface area contributed by atoms with Crippen LogP contribution in [0.1, 0.15) is 54.7 Å². The number of aromatic nitrogens is 2. The highest BCUT2D eigenvalue weighted by molar-refractivity contribution is 5.87. The number of rotatable bonds is 3. The first-order valence-corrected chi connectivity index (χ1v) is 7.44. The molecule has 1 aromatic rings. The van der Waals surface area contributed by atoms with Crippen LogP contribution in [0.2, 0.25) is 0 Å². The van der Waals surface area contributed by atoms with Gasteiger partial charge in [-0.05, 0) is 44.7 Å². The molecule has 106 valence electrons. The number of aryl methyl sites for hydroxylation is 1. The van der Waals surface area contributed by atoms with Gasteiger partial charge in [0.1, 0.15) is 5.82 Å². The van der Waals surface area contributed by atoms with Gasteiger partial charge in [0.05, 0.1) is 0 Å². The summed E-state index contributed by atoms with van der Waals surface area (Å²) >= 11 is 0. The summed E-state index contributed by atoms with van der Waals surface area (Å²) in [5.74, 6) is 2.07. The highest BCUT2D eigenvalue weighted by atomic mass is 16.2. The van der Waals surface area contributed by atoms with E-state index in [0.29, 0.717) is 11.8 Å². The largest absolute Gasteiger partial charge is 0.339 e. The monoisotopic (exact) mass is 271 g/mol. The molecule has 1 saturated heterocycles. The predicted octanol–water partition coefficient (Wildman–Crippen LogP) is 2.55. The van der Waals surface area contributed by atoms with Gasteiger partial charge in [0, 0.05) is 36.3 Å². The van der Waals surface area contributed by atoms with Gasteiger partial charge in [-0.3, -0.25) is 4.79 Å². The first-order chi connectivity index (χ1) is 9.67. The summed E-state index contributed by atoms with van der Waals surface area (Å²) in [5, 5.41) is 0. The van der Waals surface area contributed by atoms with Crippen molar-refractivity contribution in [1.29, 1.82) is 0 Å². The molecule has 4 nitrogen and oxygen atoms in total. The average molecular weight is 271 g/mol. The Labute approximate surface area is 119 Å². The first kappa shape index (κ1) is 13.3. The van der Waals surface area contributed by atoms with Gasteiger partial charge in [-0.25, -0.2) is 9.97 Å². The minimum atomic E-state index is 0.0345. The van der Waals surface area contributed by atoms with Crippen LogP contribution in [0.4, 0.5) is 0 Å². The summed E-state index contributed by atoms with van der Waals surface area (Å²) < 4.78 is 0. The van der Waals surface area contributed by atoms with E-state index in [1.165, 1.54) is 24.6 Å². The fourth-order valence-corrected chi connectivity index (χ4v) is 2.87. The molecule has 3 rings (SSSR count). The summed E-state index contributed by atoms with van der Waals surface area (Å²) in [5.41, 5.74) is 2.29. The number of carbonyl (C=O) groups is 1. The van der Waals surface area contributed by atoms with E-state index in [0.717, 1.165) is 37.4 Å². The van der Waals surface area contributed by atoms with Gasteiger partial charge in [0.25, 0.3) is 0 Å². The fourth-order valence-electron chi connectivity index (χ4n) is 2.87. The third kappa shape index (κ3) is 2.74. The van der Waals surface area contributed by atoms with Crippen LogP contribution in [0.15, 0.2) is 18.7 Å². The molecule has 2 aliphatic rings. The molecule has 20 heavy (non-hydrogen) atoms. The van der Waals surface area contributed by atoms with Gasteiger partial charge in [-0.2, -0.15) is 0 Å². The molecule has 0 atom stereocenters. The van der Waals surface area contributed by atoms with E-state index in [4.69, 9.17) is 4.98 Å². The normalized spacial score (nSPS) is 19.9. The molecule has 0 unspecified atom stereocenters. The van der Waals surface area contributed by atoms with Crippen LogP contribution >= 0.6 is 0 Å². The predicted molar refractivity (Wildman–Crippen MR) is 77.5 cm³/mol. The zero-order valence-corrected chi connectivity index (χ0v) is 12.0. The molecule has 4 heteroatoms. The van der Waals surface area contributed by atoms with Crippen molar-refractivity contribution >= 4 is 5.91 Å². The molecular weight excluding hydrogens is 250 g/mol. The third-order valence-electron chi connectivity index (χ3n) is 4.23. The van der Waals surface area contributed by atoms with E-state index < -0.39 is 0 Å². The molecule has 0 N–H and O–H groups in total. The minimum absolute atomic E-state index is 0.0345. The van der Waals surface area contributed by atoms with Crippen LogP contribution in [0.3, 0.4) is 0 Å². The molecule has 1 aliphatic heterocycles. The van der Waals surface area contributed by atoms with Crippen molar-refractivity contribution < 1.29 is 4.79 Å². The second-order valence-corrected chi connectivity index (χ2v) is 5.87. The smallest absolute Gasteiger partial charge is 0.245 e. The van der Waals surface area contributed by atoms with Crippen LogP contribution < -0.4 is 0 Å². The van der Waals surface area contributed by atoms with Crippen molar-refractivity contribution in [2.75, 3.05) is 13.1 Å². The molecular formula is C16H21N3O. The van der Waals surface area contributed by atoms with Crippen LogP contribution in [-0.2, 0) is 4.79 Å². The van der Waals surface area contributed by atoms with E-state index in [-0.39, 0.29) is 5.91 Å². The summed E-state index contributed by atoms with van der Waals surface area (Å²) in [6.07, 6.45) is 5.83. The highest BCUT2D eigenvalue weighted by Crippen LogP contribution is 2.39. The topological polar surface area (TPSA) is 46.1 Å². The lowest BCUT2D eigenvalue weighted by molar-refractivity contribution is -0.127. The second kappa shape index (κ2) is 5.35. The van der Waals surface area contributed by atoms with Crippen LogP contribution in [0.5, 0.6) is 0 Å². The van der Waals surface area contributed by atoms with Crippen LogP contribution in [-0.4, -0.2) is 33.9 Å². The SMILES string of the molecule is C=CC(=O)N1CCC(c2nc(C)cc(C3CC3)n2)CC1.